The van der Waals surface area contributed by atoms with Gasteiger partial charge in [0, 0.05) is 48.9 Å². The number of hydrogen-bond donors (Lipinski definition) is 2. The van der Waals surface area contributed by atoms with Crippen LogP contribution in [-0.4, -0.2) is 75.9 Å². The number of aromatic hydroxyl groups is 1. The van der Waals surface area contributed by atoms with Crippen LogP contribution >= 0.6 is 0 Å². The summed E-state index contributed by atoms with van der Waals surface area (Å²) >= 11 is 0. The minimum atomic E-state index is -2.08. The van der Waals surface area contributed by atoms with Crippen molar-refractivity contribution < 1.29 is 17.0 Å². The molecule has 0 radical (unpaired) electrons. The molecule has 10 heteroatoms. The zero-order chi connectivity index (χ0) is 30.0. The predicted molar refractivity (Wildman–Crippen MR) is 157 cm³/mol. The fraction of sp³-hybridized carbons (Fsp3) is 0.452. The van der Waals surface area contributed by atoms with Gasteiger partial charge in [0.05, 0.1) is 13.8 Å². The van der Waals surface area contributed by atoms with Gasteiger partial charge in [-0.15, -0.1) is 0 Å². The molecule has 4 aromatic rings. The van der Waals surface area contributed by atoms with Crippen LogP contribution in [0.2, 0.25) is 0 Å². The van der Waals surface area contributed by atoms with E-state index < -0.39 is 18.2 Å². The number of nitrogens with zero attached hydrogens (tertiary/aromatic N) is 5. The highest BCUT2D eigenvalue weighted by atomic mass is 19.1. The number of nitrogens with one attached hydrogen (secondary N) is 1. The van der Waals surface area contributed by atoms with Gasteiger partial charge in [0.2, 0.25) is 0 Å². The number of aryl methyl sites for hydroxylation is 1. The number of anilines is 1. The van der Waals surface area contributed by atoms with Gasteiger partial charge in [0.15, 0.2) is 0 Å². The molecule has 6 heterocycles. The van der Waals surface area contributed by atoms with Crippen LogP contribution in [0.5, 0.6) is 11.8 Å². The summed E-state index contributed by atoms with van der Waals surface area (Å²) < 4.78 is 39.7. The standard InChI is InChI=1S/C31H35FN6O3/c1-3-23-25(32)9-6-18-13-22(39)14-26(27(18)23)37-12-10-24-28(30(37)40)34-31(41-17-21-5-4-11-36(21)2)35-29(24)38-16-19-7-8-20(38)15-33-19/h6,9-10,12-14,19-21,33,39H,3-5,7-8,11,15-17H2,1-2H3/t19?,20?,21-/m0/s1/i17D2. The number of likely N-dealkylation sites (N-methyl/N-ethyl adjacent to an activating group) is 1. The molecule has 0 saturated carbocycles. The van der Waals surface area contributed by atoms with E-state index in [0.717, 1.165) is 32.4 Å². The van der Waals surface area contributed by atoms with Crippen LogP contribution in [0, 0.1) is 5.82 Å². The van der Waals surface area contributed by atoms with E-state index in [9.17, 15) is 14.3 Å². The topological polar surface area (TPSA) is 95.8 Å². The van der Waals surface area contributed by atoms with Crippen LogP contribution in [0.3, 0.4) is 0 Å². The van der Waals surface area contributed by atoms with Crippen molar-refractivity contribution in [2.75, 3.05) is 38.1 Å². The van der Waals surface area contributed by atoms with Gasteiger partial charge in [-0.2, -0.15) is 9.97 Å². The van der Waals surface area contributed by atoms with Crippen LogP contribution in [-0.2, 0) is 6.42 Å². The quantitative estimate of drug-likeness (QED) is 0.368. The van der Waals surface area contributed by atoms with E-state index >= 15 is 0 Å². The van der Waals surface area contributed by atoms with E-state index in [-0.39, 0.29) is 29.1 Å². The number of aromatic nitrogens is 3. The Kier molecular flexibility index (Phi) is 5.98. The average molecular weight is 561 g/mol. The van der Waals surface area contributed by atoms with Crippen molar-refractivity contribution in [1.82, 2.24) is 24.8 Å². The minimum Gasteiger partial charge on any atom is -0.508 e. The molecular weight excluding hydrogens is 523 g/mol. The SMILES string of the molecule is [2H]C([2H])(Oc1nc(N2CC3CCC2CN3)c2ccn(-c3cc(O)cc4ccc(F)c(CC)c34)c(=O)c2n1)[C@@H]1CCCN1C. The van der Waals surface area contributed by atoms with Crippen molar-refractivity contribution in [2.45, 2.75) is 57.2 Å². The molecule has 8 rings (SSSR count). The van der Waals surface area contributed by atoms with Gasteiger partial charge in [-0.3, -0.25) is 9.36 Å². The Labute approximate surface area is 240 Å². The molecule has 4 aliphatic heterocycles. The molecule has 0 amide bonds. The van der Waals surface area contributed by atoms with Gasteiger partial charge in [-0.1, -0.05) is 13.0 Å². The van der Waals surface area contributed by atoms with Gasteiger partial charge >= 0.3 is 6.01 Å². The highest BCUT2D eigenvalue weighted by molar-refractivity contribution is 5.95. The monoisotopic (exact) mass is 560 g/mol. The minimum absolute atomic E-state index is 0.0544. The number of pyridine rings is 1. The lowest BCUT2D eigenvalue weighted by molar-refractivity contribution is 0.188. The summed E-state index contributed by atoms with van der Waals surface area (Å²) in [5.74, 6) is 0.0994. The van der Waals surface area contributed by atoms with Crippen molar-refractivity contribution in [3.05, 3.63) is 58.3 Å². The first kappa shape index (κ1) is 23.9. The summed E-state index contributed by atoms with van der Waals surface area (Å²) in [4.78, 5) is 27.7. The fourth-order valence-corrected chi connectivity index (χ4v) is 6.70. The number of halogens is 1. The number of piperidine rings is 2. The molecule has 4 aliphatic rings. The van der Waals surface area contributed by atoms with E-state index in [4.69, 9.17) is 12.5 Å². The van der Waals surface area contributed by atoms with Gasteiger partial charge in [0.25, 0.3) is 5.56 Å². The molecule has 0 spiro atoms. The van der Waals surface area contributed by atoms with Crippen LogP contribution in [0.4, 0.5) is 10.2 Å². The summed E-state index contributed by atoms with van der Waals surface area (Å²) in [5.41, 5.74) is 0.351. The molecule has 4 saturated heterocycles. The molecule has 2 unspecified atom stereocenters. The first-order valence-corrected chi connectivity index (χ1v) is 14.4. The summed E-state index contributed by atoms with van der Waals surface area (Å²) in [6.07, 6.45) is 5.54. The third-order valence-electron chi connectivity index (χ3n) is 8.89. The van der Waals surface area contributed by atoms with Gasteiger partial charge < -0.3 is 25.0 Å². The van der Waals surface area contributed by atoms with Crippen molar-refractivity contribution in [3.8, 4) is 17.4 Å². The van der Waals surface area contributed by atoms with Gasteiger partial charge in [-0.25, -0.2) is 4.39 Å². The summed E-state index contributed by atoms with van der Waals surface area (Å²) in [5, 5.41) is 15.8. The van der Waals surface area contributed by atoms with Crippen LogP contribution in [0.15, 0.2) is 41.3 Å². The molecule has 0 aliphatic carbocycles. The smallest absolute Gasteiger partial charge is 0.319 e. The first-order chi connectivity index (χ1) is 20.6. The van der Waals surface area contributed by atoms with Gasteiger partial charge in [-0.05, 0) is 74.8 Å². The normalized spacial score (nSPS) is 23.8. The molecule has 41 heavy (non-hydrogen) atoms. The van der Waals surface area contributed by atoms with E-state index in [2.05, 4.69) is 15.2 Å². The Morgan fingerprint density at radius 2 is 2.10 bits per heavy atom. The largest absolute Gasteiger partial charge is 0.508 e. The van der Waals surface area contributed by atoms with E-state index in [1.54, 1.807) is 24.4 Å². The number of piperazine rings is 1. The maximum Gasteiger partial charge on any atom is 0.319 e. The molecule has 214 valence electrons. The Balaban J connectivity index is 1.43. The Morgan fingerprint density at radius 3 is 2.80 bits per heavy atom. The second kappa shape index (κ2) is 10.3. The lowest BCUT2D eigenvalue weighted by atomic mass is 9.93. The van der Waals surface area contributed by atoms with Crippen molar-refractivity contribution in [3.63, 3.8) is 0 Å². The van der Waals surface area contributed by atoms with E-state index in [1.165, 1.54) is 16.7 Å². The maximum absolute atomic E-state index is 14.9. The molecule has 2 N–H and O–H groups in total. The number of ether oxygens (including phenoxy) is 1. The fourth-order valence-electron chi connectivity index (χ4n) is 6.70. The first-order valence-electron chi connectivity index (χ1n) is 15.4. The van der Waals surface area contributed by atoms with Crippen LogP contribution in [0.1, 0.15) is 40.9 Å². The third-order valence-corrected chi connectivity index (χ3v) is 8.89. The lowest BCUT2D eigenvalue weighted by Gasteiger charge is -2.46. The molecule has 9 nitrogen and oxygen atoms in total. The number of hydrogen-bond acceptors (Lipinski definition) is 8. The molecular formula is C31H35FN6O3. The van der Waals surface area contributed by atoms with Crippen molar-refractivity contribution in [2.24, 2.45) is 0 Å². The summed E-state index contributed by atoms with van der Waals surface area (Å²) in [6, 6.07) is 7.53. The van der Waals surface area contributed by atoms with Crippen molar-refractivity contribution in [1.29, 1.82) is 0 Å². The Morgan fingerprint density at radius 1 is 1.22 bits per heavy atom. The van der Waals surface area contributed by atoms with Gasteiger partial charge in [0.1, 0.15) is 29.5 Å². The third kappa shape index (κ3) is 4.49. The number of benzene rings is 2. The molecule has 2 aromatic carbocycles. The van der Waals surface area contributed by atoms with Crippen LogP contribution < -0.4 is 20.5 Å². The molecule has 2 aromatic heterocycles. The Bertz CT molecular complexity index is 1790. The number of phenols is 1. The highest BCUT2D eigenvalue weighted by Gasteiger charge is 2.35. The maximum atomic E-state index is 14.9. The van der Waals surface area contributed by atoms with Crippen molar-refractivity contribution >= 4 is 27.5 Å². The zero-order valence-electron chi connectivity index (χ0n) is 25.2. The zero-order valence-corrected chi connectivity index (χ0v) is 23.2. The van der Waals surface area contributed by atoms with Crippen LogP contribution in [0.25, 0.3) is 27.4 Å². The predicted octanol–water partition coefficient (Wildman–Crippen LogP) is 3.75. The highest BCUT2D eigenvalue weighted by Crippen LogP contribution is 2.35. The molecule has 2 bridgehead atoms. The number of fused-ring (bicyclic) bond motifs is 5. The lowest BCUT2D eigenvalue weighted by Crippen LogP contribution is -2.61. The van der Waals surface area contributed by atoms with E-state index in [0.29, 0.717) is 58.7 Å². The summed E-state index contributed by atoms with van der Waals surface area (Å²) in [7, 11) is 1.87. The summed E-state index contributed by atoms with van der Waals surface area (Å²) in [6.45, 7) is 2.02. The number of phenolic OH excluding ortho intramolecular Hbond substituents is 1. The average Bonchev–Trinajstić information content (AvgIpc) is 3.44. The Hall–Kier alpha value is -3.76. The molecule has 3 atom stereocenters. The second-order valence-corrected chi connectivity index (χ2v) is 11.4. The molecule has 4 fully saturated rings. The second-order valence-electron chi connectivity index (χ2n) is 11.4. The number of rotatable bonds is 6. The number of likely N-dealkylation sites (tertiary alicyclic amines) is 1. The van der Waals surface area contributed by atoms with E-state index in [1.807, 2.05) is 18.9 Å².